The Labute approximate surface area is 162 Å². The smallest absolute Gasteiger partial charge is 0.246 e. The van der Waals surface area contributed by atoms with Crippen molar-refractivity contribution in [2.75, 3.05) is 20.8 Å². The van der Waals surface area contributed by atoms with E-state index in [4.69, 9.17) is 9.47 Å². The van der Waals surface area contributed by atoms with E-state index in [2.05, 4.69) is 27.5 Å². The monoisotopic (exact) mass is 379 g/mol. The number of rotatable bonds is 5. The molecule has 0 aliphatic carbocycles. The quantitative estimate of drug-likeness (QED) is 0.674. The van der Waals surface area contributed by atoms with Gasteiger partial charge in [0.25, 0.3) is 0 Å². The number of methoxy groups -OCH3 is 2. The van der Waals surface area contributed by atoms with Gasteiger partial charge in [-0.2, -0.15) is 4.80 Å². The maximum atomic E-state index is 12.7. The van der Waals surface area contributed by atoms with E-state index in [-0.39, 0.29) is 12.5 Å². The van der Waals surface area contributed by atoms with Gasteiger partial charge in [-0.15, -0.1) is 10.2 Å². The second kappa shape index (κ2) is 7.67. The molecule has 0 fully saturated rings. The summed E-state index contributed by atoms with van der Waals surface area (Å²) in [5.41, 5.74) is 3.24. The summed E-state index contributed by atoms with van der Waals surface area (Å²) in [5, 5.41) is 12.4. The molecule has 144 valence electrons. The first-order valence-electron chi connectivity index (χ1n) is 9.02. The molecular formula is C20H21N5O3. The molecule has 4 rings (SSSR count). The van der Waals surface area contributed by atoms with Gasteiger partial charge in [0, 0.05) is 18.7 Å². The van der Waals surface area contributed by atoms with E-state index >= 15 is 0 Å². The molecule has 1 aromatic heterocycles. The van der Waals surface area contributed by atoms with Crippen LogP contribution in [0.15, 0.2) is 42.5 Å². The molecule has 1 amide bonds. The highest BCUT2D eigenvalue weighted by Gasteiger charge is 2.21. The van der Waals surface area contributed by atoms with Crippen LogP contribution in [-0.2, 0) is 24.3 Å². The Morgan fingerprint density at radius 2 is 1.86 bits per heavy atom. The lowest BCUT2D eigenvalue weighted by Gasteiger charge is -2.28. The minimum atomic E-state index is -0.0224. The number of hydrogen-bond acceptors (Lipinski definition) is 6. The van der Waals surface area contributed by atoms with Crippen molar-refractivity contribution in [1.82, 2.24) is 25.1 Å². The van der Waals surface area contributed by atoms with Crippen molar-refractivity contribution in [3.63, 3.8) is 0 Å². The normalized spacial score (nSPS) is 13.1. The Morgan fingerprint density at radius 1 is 1.07 bits per heavy atom. The third-order valence-corrected chi connectivity index (χ3v) is 4.85. The SMILES string of the molecule is COc1ccc(-c2nnn(CC(=O)N3CCc4ccccc4C3)n2)cc1OC. The first kappa shape index (κ1) is 18.0. The maximum absolute atomic E-state index is 12.7. The van der Waals surface area contributed by atoms with Crippen molar-refractivity contribution in [1.29, 1.82) is 0 Å². The van der Waals surface area contributed by atoms with Crippen molar-refractivity contribution in [3.05, 3.63) is 53.6 Å². The second-order valence-electron chi connectivity index (χ2n) is 6.55. The van der Waals surface area contributed by atoms with E-state index in [9.17, 15) is 4.79 Å². The van der Waals surface area contributed by atoms with Crippen LogP contribution in [0.4, 0.5) is 0 Å². The molecule has 3 aromatic rings. The zero-order chi connectivity index (χ0) is 19.5. The molecule has 0 saturated carbocycles. The van der Waals surface area contributed by atoms with Crippen molar-refractivity contribution in [2.45, 2.75) is 19.5 Å². The maximum Gasteiger partial charge on any atom is 0.246 e. The predicted molar refractivity (Wildman–Crippen MR) is 102 cm³/mol. The fraction of sp³-hybridized carbons (Fsp3) is 0.300. The highest BCUT2D eigenvalue weighted by atomic mass is 16.5. The van der Waals surface area contributed by atoms with Crippen LogP contribution in [-0.4, -0.2) is 51.8 Å². The molecule has 28 heavy (non-hydrogen) atoms. The predicted octanol–water partition coefficient (Wildman–Crippen LogP) is 1.94. The van der Waals surface area contributed by atoms with Crippen LogP contribution < -0.4 is 9.47 Å². The number of fused-ring (bicyclic) bond motifs is 1. The first-order valence-corrected chi connectivity index (χ1v) is 9.02. The van der Waals surface area contributed by atoms with Crippen LogP contribution in [0.5, 0.6) is 11.5 Å². The minimum Gasteiger partial charge on any atom is -0.493 e. The molecule has 0 N–H and O–H groups in total. The van der Waals surface area contributed by atoms with Crippen molar-refractivity contribution in [3.8, 4) is 22.9 Å². The number of ether oxygens (including phenoxy) is 2. The Kier molecular flexibility index (Phi) is 4.92. The molecule has 8 nitrogen and oxygen atoms in total. The van der Waals surface area contributed by atoms with E-state index in [1.54, 1.807) is 26.4 Å². The van der Waals surface area contributed by atoms with Gasteiger partial charge < -0.3 is 14.4 Å². The lowest BCUT2D eigenvalue weighted by Crippen LogP contribution is -2.38. The molecular weight excluding hydrogens is 358 g/mol. The summed E-state index contributed by atoms with van der Waals surface area (Å²) in [5.74, 6) is 1.61. The summed E-state index contributed by atoms with van der Waals surface area (Å²) in [7, 11) is 3.15. The van der Waals surface area contributed by atoms with Crippen LogP contribution in [0.2, 0.25) is 0 Å². The first-order chi connectivity index (χ1) is 13.7. The van der Waals surface area contributed by atoms with Crippen LogP contribution in [0.25, 0.3) is 11.4 Å². The van der Waals surface area contributed by atoms with Crippen molar-refractivity contribution >= 4 is 5.91 Å². The molecule has 0 spiro atoms. The largest absolute Gasteiger partial charge is 0.493 e. The number of tetrazole rings is 1. The van der Waals surface area contributed by atoms with Gasteiger partial charge in [0.1, 0.15) is 6.54 Å². The fourth-order valence-corrected chi connectivity index (χ4v) is 3.33. The second-order valence-corrected chi connectivity index (χ2v) is 6.55. The summed E-state index contributed by atoms with van der Waals surface area (Å²) in [6.45, 7) is 1.38. The van der Waals surface area contributed by atoms with Gasteiger partial charge in [-0.3, -0.25) is 4.79 Å². The molecule has 8 heteroatoms. The molecule has 0 radical (unpaired) electrons. The Morgan fingerprint density at radius 3 is 2.64 bits per heavy atom. The van der Waals surface area contributed by atoms with Gasteiger partial charge >= 0.3 is 0 Å². The molecule has 1 aliphatic heterocycles. The Bertz CT molecular complexity index is 1000. The van der Waals surface area contributed by atoms with Gasteiger partial charge in [-0.25, -0.2) is 0 Å². The molecule has 0 saturated heterocycles. The van der Waals surface area contributed by atoms with Crippen molar-refractivity contribution in [2.24, 2.45) is 0 Å². The van der Waals surface area contributed by atoms with E-state index in [1.807, 2.05) is 23.1 Å². The van der Waals surface area contributed by atoms with Gasteiger partial charge in [0.15, 0.2) is 11.5 Å². The minimum absolute atomic E-state index is 0.0224. The molecule has 0 atom stereocenters. The summed E-state index contributed by atoms with van der Waals surface area (Å²) >= 11 is 0. The number of amides is 1. The topological polar surface area (TPSA) is 82.4 Å². The standard InChI is InChI=1S/C20H21N5O3/c1-27-17-8-7-15(11-18(17)28-2)20-21-23-25(22-20)13-19(26)24-10-9-14-5-3-4-6-16(14)12-24/h3-8,11H,9-10,12-13H2,1-2H3. The number of nitrogens with zero attached hydrogens (tertiary/aromatic N) is 5. The summed E-state index contributed by atoms with van der Waals surface area (Å²) in [6, 6.07) is 13.6. The van der Waals surface area contributed by atoms with E-state index in [1.165, 1.54) is 15.9 Å². The summed E-state index contributed by atoms with van der Waals surface area (Å²) in [6.07, 6.45) is 0.865. The number of benzene rings is 2. The van der Waals surface area contributed by atoms with Gasteiger partial charge in [-0.1, -0.05) is 24.3 Å². The molecule has 2 aromatic carbocycles. The van der Waals surface area contributed by atoms with Crippen LogP contribution in [0, 0.1) is 0 Å². The van der Waals surface area contributed by atoms with E-state index in [0.29, 0.717) is 30.4 Å². The van der Waals surface area contributed by atoms with Crippen LogP contribution in [0.1, 0.15) is 11.1 Å². The Balaban J connectivity index is 1.46. The molecule has 0 bridgehead atoms. The fourth-order valence-electron chi connectivity index (χ4n) is 3.33. The highest BCUT2D eigenvalue weighted by molar-refractivity contribution is 5.76. The van der Waals surface area contributed by atoms with Gasteiger partial charge in [0.05, 0.1) is 14.2 Å². The summed E-state index contributed by atoms with van der Waals surface area (Å²) in [4.78, 5) is 15.8. The molecule has 0 unspecified atom stereocenters. The third-order valence-electron chi connectivity index (χ3n) is 4.85. The average molecular weight is 379 g/mol. The van der Waals surface area contributed by atoms with Crippen LogP contribution >= 0.6 is 0 Å². The lowest BCUT2D eigenvalue weighted by atomic mass is 10.00. The van der Waals surface area contributed by atoms with E-state index in [0.717, 1.165) is 12.0 Å². The van der Waals surface area contributed by atoms with Crippen molar-refractivity contribution < 1.29 is 14.3 Å². The van der Waals surface area contributed by atoms with Crippen LogP contribution in [0.3, 0.4) is 0 Å². The number of carbonyl (C=O) groups is 1. The average Bonchev–Trinajstić information content (AvgIpc) is 3.21. The number of aromatic nitrogens is 4. The van der Waals surface area contributed by atoms with Gasteiger partial charge in [-0.05, 0) is 41.0 Å². The van der Waals surface area contributed by atoms with E-state index < -0.39 is 0 Å². The number of carbonyl (C=O) groups excluding carboxylic acids is 1. The molecule has 2 heterocycles. The number of hydrogen-bond donors (Lipinski definition) is 0. The lowest BCUT2D eigenvalue weighted by molar-refractivity contribution is -0.133. The van der Waals surface area contributed by atoms with Gasteiger partial charge in [0.2, 0.25) is 11.7 Å². The molecule has 1 aliphatic rings. The highest BCUT2D eigenvalue weighted by Crippen LogP contribution is 2.30. The third kappa shape index (κ3) is 3.53. The zero-order valence-corrected chi connectivity index (χ0v) is 15.8. The Hall–Kier alpha value is -3.42. The summed E-state index contributed by atoms with van der Waals surface area (Å²) < 4.78 is 10.5. The zero-order valence-electron chi connectivity index (χ0n) is 15.8.